The van der Waals surface area contributed by atoms with Crippen molar-refractivity contribution in [2.75, 3.05) is 4.72 Å². The van der Waals surface area contributed by atoms with E-state index in [4.69, 9.17) is 5.11 Å². The third-order valence-corrected chi connectivity index (χ3v) is 3.66. The summed E-state index contributed by atoms with van der Waals surface area (Å²) in [5, 5.41) is 14.5. The van der Waals surface area contributed by atoms with E-state index >= 15 is 0 Å². The molecule has 20 heavy (non-hydrogen) atoms. The molecule has 0 saturated heterocycles. The van der Waals surface area contributed by atoms with Gasteiger partial charge in [0.1, 0.15) is 4.90 Å². The van der Waals surface area contributed by atoms with E-state index in [0.717, 1.165) is 6.20 Å². The number of aromatic amines is 1. The fourth-order valence-corrected chi connectivity index (χ4v) is 2.55. The van der Waals surface area contributed by atoms with Gasteiger partial charge in [-0.05, 0) is 12.1 Å². The molecule has 0 bridgehead atoms. The molecule has 0 amide bonds. The summed E-state index contributed by atoms with van der Waals surface area (Å²) in [5.41, 5.74) is -0.693. The molecule has 10 heteroatoms. The minimum absolute atomic E-state index is 0.00876. The predicted molar refractivity (Wildman–Crippen MR) is 62.7 cm³/mol. The van der Waals surface area contributed by atoms with E-state index in [2.05, 4.69) is 10.2 Å². The fourth-order valence-electron chi connectivity index (χ4n) is 1.40. The highest BCUT2D eigenvalue weighted by molar-refractivity contribution is 7.92. The maximum atomic E-state index is 13.6. The first kappa shape index (κ1) is 13.9. The number of halogens is 2. The van der Waals surface area contributed by atoms with Crippen LogP contribution >= 0.6 is 0 Å². The van der Waals surface area contributed by atoms with Crippen LogP contribution in [0.2, 0.25) is 0 Å². The molecule has 0 spiro atoms. The third-order valence-electron chi connectivity index (χ3n) is 2.28. The van der Waals surface area contributed by atoms with Crippen LogP contribution in [0.1, 0.15) is 10.4 Å². The second kappa shape index (κ2) is 4.89. The number of benzene rings is 1. The van der Waals surface area contributed by atoms with Gasteiger partial charge < -0.3 is 5.11 Å². The molecule has 1 heterocycles. The highest BCUT2D eigenvalue weighted by atomic mass is 32.2. The van der Waals surface area contributed by atoms with Gasteiger partial charge in [0.05, 0.1) is 17.4 Å². The number of sulfonamides is 1. The number of H-pyrrole nitrogens is 1. The van der Waals surface area contributed by atoms with Crippen molar-refractivity contribution in [2.24, 2.45) is 0 Å². The van der Waals surface area contributed by atoms with Crippen LogP contribution < -0.4 is 4.72 Å². The molecule has 0 saturated carbocycles. The van der Waals surface area contributed by atoms with Crippen LogP contribution in [-0.2, 0) is 10.0 Å². The van der Waals surface area contributed by atoms with E-state index in [1.54, 1.807) is 0 Å². The zero-order valence-electron chi connectivity index (χ0n) is 9.59. The highest BCUT2D eigenvalue weighted by Gasteiger charge is 2.25. The smallest absolute Gasteiger partial charge is 0.335 e. The molecule has 1 aromatic heterocycles. The Morgan fingerprint density at radius 3 is 2.60 bits per heavy atom. The average Bonchev–Trinajstić information content (AvgIpc) is 2.83. The fraction of sp³-hybridized carbons (Fsp3) is 0. The molecule has 0 radical (unpaired) electrons. The summed E-state index contributed by atoms with van der Waals surface area (Å²) in [6, 6.07) is 0.928. The molecule has 3 N–H and O–H groups in total. The van der Waals surface area contributed by atoms with Crippen LogP contribution in [0.25, 0.3) is 0 Å². The van der Waals surface area contributed by atoms with Gasteiger partial charge in [0.25, 0.3) is 10.0 Å². The number of carboxylic acid groups (broad SMARTS) is 1. The van der Waals surface area contributed by atoms with E-state index < -0.39 is 38.1 Å². The molecule has 0 unspecified atom stereocenters. The number of rotatable bonds is 4. The number of nitrogens with one attached hydrogen (secondary N) is 2. The van der Waals surface area contributed by atoms with Gasteiger partial charge in [-0.3, -0.25) is 9.82 Å². The lowest BCUT2D eigenvalue weighted by Crippen LogP contribution is -2.16. The van der Waals surface area contributed by atoms with Crippen molar-refractivity contribution in [3.63, 3.8) is 0 Å². The second-order valence-corrected chi connectivity index (χ2v) is 5.32. The van der Waals surface area contributed by atoms with E-state index in [1.807, 2.05) is 4.72 Å². The summed E-state index contributed by atoms with van der Waals surface area (Å²) in [6.07, 6.45) is 2.28. The summed E-state index contributed by atoms with van der Waals surface area (Å²) >= 11 is 0. The van der Waals surface area contributed by atoms with Crippen molar-refractivity contribution in [3.8, 4) is 0 Å². The first-order valence-electron chi connectivity index (χ1n) is 5.05. The highest BCUT2D eigenvalue weighted by Crippen LogP contribution is 2.22. The summed E-state index contributed by atoms with van der Waals surface area (Å²) in [4.78, 5) is 9.64. The Balaban J connectivity index is 2.53. The Morgan fingerprint density at radius 1 is 1.35 bits per heavy atom. The van der Waals surface area contributed by atoms with E-state index in [1.165, 1.54) is 6.20 Å². The molecule has 106 valence electrons. The number of hydrogen-bond acceptors (Lipinski definition) is 4. The SMILES string of the molecule is O=C(O)c1cc(F)c(F)c(S(=O)(=O)Nc2cn[nH]c2)c1. The molecular formula is C10H7F2N3O4S. The van der Waals surface area contributed by atoms with Gasteiger partial charge in [-0.1, -0.05) is 0 Å². The lowest BCUT2D eigenvalue weighted by Gasteiger charge is -2.08. The average molecular weight is 303 g/mol. The van der Waals surface area contributed by atoms with Crippen molar-refractivity contribution >= 4 is 21.7 Å². The summed E-state index contributed by atoms with van der Waals surface area (Å²) < 4.78 is 52.5. The Morgan fingerprint density at radius 2 is 2.05 bits per heavy atom. The van der Waals surface area contributed by atoms with E-state index in [0.29, 0.717) is 12.1 Å². The van der Waals surface area contributed by atoms with Crippen molar-refractivity contribution < 1.29 is 27.1 Å². The van der Waals surface area contributed by atoms with Crippen LogP contribution in [0.4, 0.5) is 14.5 Å². The van der Waals surface area contributed by atoms with Gasteiger partial charge in [0, 0.05) is 6.20 Å². The minimum atomic E-state index is -4.48. The van der Waals surface area contributed by atoms with Gasteiger partial charge in [-0.2, -0.15) is 5.10 Å². The van der Waals surface area contributed by atoms with Gasteiger partial charge in [0.15, 0.2) is 11.6 Å². The molecule has 7 nitrogen and oxygen atoms in total. The van der Waals surface area contributed by atoms with E-state index in [9.17, 15) is 22.0 Å². The maximum absolute atomic E-state index is 13.6. The first-order chi connectivity index (χ1) is 9.31. The Labute approximate surface area is 111 Å². The molecule has 2 aromatic rings. The number of anilines is 1. The number of carboxylic acids is 1. The summed E-state index contributed by atoms with van der Waals surface area (Å²) in [6.45, 7) is 0. The van der Waals surface area contributed by atoms with Crippen molar-refractivity contribution in [2.45, 2.75) is 4.90 Å². The molecule has 0 atom stereocenters. The van der Waals surface area contributed by atoms with Crippen molar-refractivity contribution in [1.29, 1.82) is 0 Å². The summed E-state index contributed by atoms with van der Waals surface area (Å²) in [7, 11) is -4.48. The lowest BCUT2D eigenvalue weighted by molar-refractivity contribution is 0.0696. The van der Waals surface area contributed by atoms with Gasteiger partial charge in [-0.15, -0.1) is 0 Å². The molecule has 2 rings (SSSR count). The molecule has 0 fully saturated rings. The number of nitrogens with zero attached hydrogens (tertiary/aromatic N) is 1. The molecular weight excluding hydrogens is 296 g/mol. The lowest BCUT2D eigenvalue weighted by atomic mass is 10.2. The quantitative estimate of drug-likeness (QED) is 0.785. The van der Waals surface area contributed by atoms with Gasteiger partial charge in [0.2, 0.25) is 0 Å². The minimum Gasteiger partial charge on any atom is -0.478 e. The Hall–Kier alpha value is -2.49. The zero-order valence-corrected chi connectivity index (χ0v) is 10.4. The Bertz CT molecular complexity index is 759. The molecule has 0 aliphatic rings. The third kappa shape index (κ3) is 2.59. The first-order valence-corrected chi connectivity index (χ1v) is 6.53. The van der Waals surface area contributed by atoms with E-state index in [-0.39, 0.29) is 5.69 Å². The van der Waals surface area contributed by atoms with Gasteiger partial charge >= 0.3 is 5.97 Å². The standard InChI is InChI=1S/C10H7F2N3O4S/c11-7-1-5(10(16)17)2-8(9(7)12)20(18,19)15-6-3-13-14-4-6/h1-4,15H,(H,13,14)(H,16,17). The van der Waals surface area contributed by atoms with Crippen LogP contribution in [0, 0.1) is 11.6 Å². The van der Waals surface area contributed by atoms with Crippen LogP contribution in [-0.4, -0.2) is 29.7 Å². The van der Waals surface area contributed by atoms with Crippen LogP contribution in [0.5, 0.6) is 0 Å². The number of carbonyl (C=O) groups is 1. The largest absolute Gasteiger partial charge is 0.478 e. The second-order valence-electron chi connectivity index (χ2n) is 3.67. The molecule has 0 aliphatic heterocycles. The Kier molecular flexibility index (Phi) is 3.40. The number of aromatic nitrogens is 2. The predicted octanol–water partition coefficient (Wildman–Crippen LogP) is 1.19. The number of hydrogen-bond donors (Lipinski definition) is 3. The normalized spacial score (nSPS) is 11.3. The monoisotopic (exact) mass is 303 g/mol. The van der Waals surface area contributed by atoms with Crippen molar-refractivity contribution in [3.05, 3.63) is 41.7 Å². The van der Waals surface area contributed by atoms with Crippen LogP contribution in [0.15, 0.2) is 29.4 Å². The molecule has 0 aliphatic carbocycles. The topological polar surface area (TPSA) is 112 Å². The van der Waals surface area contributed by atoms with Crippen molar-refractivity contribution in [1.82, 2.24) is 10.2 Å². The number of aromatic carboxylic acids is 1. The maximum Gasteiger partial charge on any atom is 0.335 e. The molecule has 1 aromatic carbocycles. The van der Waals surface area contributed by atoms with Gasteiger partial charge in [-0.25, -0.2) is 22.0 Å². The zero-order chi connectivity index (χ0) is 14.9. The summed E-state index contributed by atoms with van der Waals surface area (Å²) in [5.74, 6) is -4.81. The van der Waals surface area contributed by atoms with Crippen LogP contribution in [0.3, 0.4) is 0 Å².